The zero-order valence-electron chi connectivity index (χ0n) is 17.2. The van der Waals surface area contributed by atoms with E-state index in [-0.39, 0.29) is 11.8 Å². The van der Waals surface area contributed by atoms with Gasteiger partial charge < -0.3 is 13.7 Å². The van der Waals surface area contributed by atoms with E-state index in [1.807, 2.05) is 6.92 Å². The Kier molecular flexibility index (Phi) is 5.33. The topological polar surface area (TPSA) is 65.1 Å². The van der Waals surface area contributed by atoms with Gasteiger partial charge in [-0.25, -0.2) is 0 Å². The lowest BCUT2D eigenvalue weighted by Gasteiger charge is -2.42. The predicted octanol–water partition coefficient (Wildman–Crippen LogP) is 3.90. The standard InChI is InChI=1S/C21H22F3NO5S/c1-12-8-15-14(10-19(12)28-2)6-7-25-11-16-13(9-17(15)25)4-5-18(20(16)29-3)30-31(26,27)21(22,23)24/h4-5,8,10,17H,6-7,9,11H2,1-3H3/t17-/m0/s1. The molecule has 2 heterocycles. The van der Waals surface area contributed by atoms with Gasteiger partial charge in [0.05, 0.1) is 14.2 Å². The maximum atomic E-state index is 12.8. The Morgan fingerprint density at radius 1 is 1.06 bits per heavy atom. The van der Waals surface area contributed by atoms with Crippen molar-refractivity contribution in [3.8, 4) is 17.2 Å². The molecule has 0 fully saturated rings. The number of benzene rings is 2. The number of ether oxygens (including phenoxy) is 2. The van der Waals surface area contributed by atoms with Gasteiger partial charge in [0.2, 0.25) is 0 Å². The molecule has 0 N–H and O–H groups in total. The van der Waals surface area contributed by atoms with Crippen LogP contribution < -0.4 is 13.7 Å². The second-order valence-corrected chi connectivity index (χ2v) is 9.22. The average Bonchev–Trinajstić information content (AvgIpc) is 2.70. The third kappa shape index (κ3) is 3.71. The molecule has 2 aliphatic rings. The van der Waals surface area contributed by atoms with Crippen molar-refractivity contribution in [2.24, 2.45) is 0 Å². The molecule has 0 spiro atoms. The van der Waals surface area contributed by atoms with Gasteiger partial charge in [-0.1, -0.05) is 12.1 Å². The lowest BCUT2D eigenvalue weighted by molar-refractivity contribution is -0.0500. The van der Waals surface area contributed by atoms with Gasteiger partial charge in [0.15, 0.2) is 11.5 Å². The Hall–Kier alpha value is -2.46. The van der Waals surface area contributed by atoms with Gasteiger partial charge in [-0.2, -0.15) is 21.6 Å². The molecule has 10 heteroatoms. The van der Waals surface area contributed by atoms with Crippen LogP contribution in [-0.4, -0.2) is 39.6 Å². The van der Waals surface area contributed by atoms with Gasteiger partial charge in [0.1, 0.15) is 5.75 Å². The van der Waals surface area contributed by atoms with Crippen molar-refractivity contribution in [2.45, 2.75) is 37.9 Å². The Balaban J connectivity index is 1.71. The van der Waals surface area contributed by atoms with E-state index in [0.29, 0.717) is 18.5 Å². The van der Waals surface area contributed by atoms with Crippen LogP contribution in [0.15, 0.2) is 24.3 Å². The second-order valence-electron chi connectivity index (χ2n) is 7.68. The van der Waals surface area contributed by atoms with Gasteiger partial charge in [0.25, 0.3) is 0 Å². The van der Waals surface area contributed by atoms with Gasteiger partial charge in [0, 0.05) is 24.7 Å². The molecule has 0 saturated heterocycles. The summed E-state index contributed by atoms with van der Waals surface area (Å²) >= 11 is 0. The number of fused-ring (bicyclic) bond motifs is 4. The van der Waals surface area contributed by atoms with E-state index >= 15 is 0 Å². The molecule has 0 unspecified atom stereocenters. The molecule has 0 amide bonds. The van der Waals surface area contributed by atoms with Crippen molar-refractivity contribution < 1.29 is 35.2 Å². The molecule has 2 aromatic carbocycles. The van der Waals surface area contributed by atoms with Crippen LogP contribution in [0.25, 0.3) is 0 Å². The highest BCUT2D eigenvalue weighted by molar-refractivity contribution is 7.88. The van der Waals surface area contributed by atoms with Crippen molar-refractivity contribution in [1.29, 1.82) is 0 Å². The molecule has 0 aromatic heterocycles. The van der Waals surface area contributed by atoms with E-state index in [1.165, 1.54) is 24.3 Å². The minimum atomic E-state index is -5.79. The fourth-order valence-electron chi connectivity index (χ4n) is 4.42. The first-order valence-corrected chi connectivity index (χ1v) is 11.1. The summed E-state index contributed by atoms with van der Waals surface area (Å²) in [5, 5.41) is 0. The van der Waals surface area contributed by atoms with Crippen LogP contribution in [0.5, 0.6) is 17.2 Å². The van der Waals surface area contributed by atoms with Gasteiger partial charge in [-0.15, -0.1) is 0 Å². The fraction of sp³-hybridized carbons (Fsp3) is 0.429. The number of halogens is 3. The van der Waals surface area contributed by atoms with Crippen LogP contribution in [0, 0.1) is 6.92 Å². The zero-order chi connectivity index (χ0) is 22.6. The monoisotopic (exact) mass is 457 g/mol. The maximum absolute atomic E-state index is 12.8. The van der Waals surface area contributed by atoms with Crippen molar-refractivity contribution in [2.75, 3.05) is 20.8 Å². The summed E-state index contributed by atoms with van der Waals surface area (Å²) in [5.74, 6) is 0.397. The van der Waals surface area contributed by atoms with E-state index < -0.39 is 21.4 Å². The maximum Gasteiger partial charge on any atom is 0.534 e. The molecule has 4 rings (SSSR count). The summed E-state index contributed by atoms with van der Waals surface area (Å²) in [7, 11) is -2.86. The van der Waals surface area contributed by atoms with E-state index in [4.69, 9.17) is 9.47 Å². The minimum absolute atomic E-state index is 0.0143. The summed E-state index contributed by atoms with van der Waals surface area (Å²) in [6, 6.07) is 7.13. The SMILES string of the molecule is COc1cc2c(cc1C)[C@@H]1Cc3ccc(OS(=O)(=O)C(F)(F)F)c(OC)c3CN1CC2. The van der Waals surface area contributed by atoms with Gasteiger partial charge >= 0.3 is 15.6 Å². The number of aryl methyl sites for hydroxylation is 1. The van der Waals surface area contributed by atoms with Gasteiger partial charge in [-0.05, 0) is 54.2 Å². The molecule has 168 valence electrons. The molecule has 31 heavy (non-hydrogen) atoms. The van der Waals surface area contributed by atoms with Crippen LogP contribution in [0.3, 0.4) is 0 Å². The fourth-order valence-corrected chi connectivity index (χ4v) is 4.88. The average molecular weight is 457 g/mol. The van der Waals surface area contributed by atoms with E-state index in [9.17, 15) is 21.6 Å². The first kappa shape index (κ1) is 21.8. The molecular formula is C21H22F3NO5S. The third-order valence-corrected chi connectivity index (χ3v) is 6.87. The van der Waals surface area contributed by atoms with Crippen molar-refractivity contribution >= 4 is 10.1 Å². The molecule has 0 saturated carbocycles. The highest BCUT2D eigenvalue weighted by atomic mass is 32.2. The highest BCUT2D eigenvalue weighted by Crippen LogP contribution is 2.45. The zero-order valence-corrected chi connectivity index (χ0v) is 18.1. The first-order chi connectivity index (χ1) is 14.6. The van der Waals surface area contributed by atoms with Gasteiger partial charge in [-0.3, -0.25) is 4.90 Å². The molecule has 6 nitrogen and oxygen atoms in total. The molecular weight excluding hydrogens is 435 g/mol. The Labute approximate surface area is 178 Å². The normalized spacial score (nSPS) is 18.6. The molecule has 1 atom stereocenters. The van der Waals surface area contributed by atoms with Crippen LogP contribution in [-0.2, 0) is 29.5 Å². The third-order valence-electron chi connectivity index (χ3n) is 5.91. The van der Waals surface area contributed by atoms with Crippen LogP contribution in [0.1, 0.15) is 33.9 Å². The largest absolute Gasteiger partial charge is 0.534 e. The number of hydrogen-bond acceptors (Lipinski definition) is 6. The minimum Gasteiger partial charge on any atom is -0.496 e. The summed E-state index contributed by atoms with van der Waals surface area (Å²) in [4.78, 5) is 2.22. The highest BCUT2D eigenvalue weighted by Gasteiger charge is 2.49. The smallest absolute Gasteiger partial charge is 0.496 e. The van der Waals surface area contributed by atoms with Crippen molar-refractivity contribution in [1.82, 2.24) is 4.90 Å². The predicted molar refractivity (Wildman–Crippen MR) is 107 cm³/mol. The lowest BCUT2D eigenvalue weighted by Crippen LogP contribution is -2.39. The number of rotatable bonds is 4. The van der Waals surface area contributed by atoms with E-state index in [0.717, 1.165) is 29.8 Å². The molecule has 2 aromatic rings. The Bertz CT molecular complexity index is 1130. The number of nitrogens with zero attached hydrogens (tertiary/aromatic N) is 1. The molecule has 0 aliphatic carbocycles. The molecule has 0 bridgehead atoms. The van der Waals surface area contributed by atoms with Crippen LogP contribution in [0.4, 0.5) is 13.2 Å². The number of hydrogen-bond donors (Lipinski definition) is 0. The number of methoxy groups -OCH3 is 2. The Morgan fingerprint density at radius 3 is 2.45 bits per heavy atom. The first-order valence-electron chi connectivity index (χ1n) is 9.66. The summed E-state index contributed by atoms with van der Waals surface area (Å²) < 4.78 is 76.4. The quantitative estimate of drug-likeness (QED) is 0.513. The Morgan fingerprint density at radius 2 is 1.81 bits per heavy atom. The molecule has 2 aliphatic heterocycles. The summed E-state index contributed by atoms with van der Waals surface area (Å²) in [6.07, 6.45) is 1.43. The summed E-state index contributed by atoms with van der Waals surface area (Å²) in [5.41, 5.74) is -0.537. The van der Waals surface area contributed by atoms with E-state index in [1.54, 1.807) is 13.2 Å². The lowest BCUT2D eigenvalue weighted by atomic mass is 9.83. The second kappa shape index (κ2) is 7.59. The number of alkyl halides is 3. The van der Waals surface area contributed by atoms with Crippen LogP contribution >= 0.6 is 0 Å². The van der Waals surface area contributed by atoms with E-state index in [2.05, 4.69) is 21.2 Å². The van der Waals surface area contributed by atoms with Crippen molar-refractivity contribution in [3.05, 3.63) is 52.1 Å². The van der Waals surface area contributed by atoms with Crippen LogP contribution in [0.2, 0.25) is 0 Å². The molecule has 0 radical (unpaired) electrons. The van der Waals surface area contributed by atoms with Crippen molar-refractivity contribution in [3.63, 3.8) is 0 Å². The summed E-state index contributed by atoms with van der Waals surface area (Å²) in [6.45, 7) is 3.15.